The van der Waals surface area contributed by atoms with Crippen molar-refractivity contribution in [1.29, 1.82) is 0 Å². The number of carbonyl (C=O) groups is 1. The van der Waals surface area contributed by atoms with Gasteiger partial charge < -0.3 is 9.40 Å². The number of fused-ring (bicyclic) bond motifs is 1. The first kappa shape index (κ1) is 23.1. The van der Waals surface area contributed by atoms with Gasteiger partial charge in [0.1, 0.15) is 17.3 Å². The Morgan fingerprint density at radius 1 is 0.973 bits per heavy atom. The molecule has 6 rings (SSSR count). The van der Waals surface area contributed by atoms with Crippen LogP contribution in [0.3, 0.4) is 0 Å². The summed E-state index contributed by atoms with van der Waals surface area (Å²) in [5.74, 6) is 0.606. The molecular formula is C30H22FN3O2S. The molecule has 1 fully saturated rings. The van der Waals surface area contributed by atoms with E-state index in [1.165, 1.54) is 23.9 Å². The van der Waals surface area contributed by atoms with Gasteiger partial charge in [-0.2, -0.15) is 0 Å². The predicted molar refractivity (Wildman–Crippen MR) is 147 cm³/mol. The van der Waals surface area contributed by atoms with Gasteiger partial charge in [0.25, 0.3) is 5.91 Å². The van der Waals surface area contributed by atoms with Gasteiger partial charge in [-0.1, -0.05) is 48.5 Å². The number of H-pyrrole nitrogens is 1. The Morgan fingerprint density at radius 3 is 2.68 bits per heavy atom. The number of para-hydroxylation sites is 2. The largest absolute Gasteiger partial charge is 0.457 e. The zero-order chi connectivity index (χ0) is 25.2. The van der Waals surface area contributed by atoms with Gasteiger partial charge in [0.2, 0.25) is 0 Å². The Bertz CT molecular complexity index is 1650. The van der Waals surface area contributed by atoms with Gasteiger partial charge in [-0.15, -0.1) is 0 Å². The van der Waals surface area contributed by atoms with E-state index in [1.54, 1.807) is 35.2 Å². The number of benzene rings is 3. The van der Waals surface area contributed by atoms with E-state index in [0.717, 1.165) is 22.2 Å². The third-order valence-electron chi connectivity index (χ3n) is 6.16. The number of aliphatic imine (C=N–C) groups is 1. The number of hydrogen-bond acceptors (Lipinski definition) is 4. The SMILES string of the molecule is O=C1/C(=C/c2ccc(-c3cccc(F)c3)o2)SC(=Nc2ccccc2)N1CCc1c[nH]c2ccccc12. The number of halogens is 1. The van der Waals surface area contributed by atoms with E-state index in [0.29, 0.717) is 40.1 Å². The van der Waals surface area contributed by atoms with Crippen LogP contribution in [0.25, 0.3) is 28.3 Å². The number of amides is 1. The van der Waals surface area contributed by atoms with Crippen molar-refractivity contribution in [1.82, 2.24) is 9.88 Å². The number of hydrogen-bond donors (Lipinski definition) is 1. The maximum atomic E-state index is 13.6. The predicted octanol–water partition coefficient (Wildman–Crippen LogP) is 7.41. The lowest BCUT2D eigenvalue weighted by Gasteiger charge is -2.15. The van der Waals surface area contributed by atoms with Gasteiger partial charge >= 0.3 is 0 Å². The highest BCUT2D eigenvalue weighted by Gasteiger charge is 2.33. The van der Waals surface area contributed by atoms with E-state index < -0.39 is 0 Å². The molecule has 1 aliphatic heterocycles. The minimum absolute atomic E-state index is 0.122. The standard InChI is InChI=1S/C30H22FN3O2S/c31-22-8-6-7-20(17-22)27-14-13-24(36-27)18-28-29(35)34(30(37-28)33-23-9-2-1-3-10-23)16-15-21-19-32-26-12-5-4-11-25(21)26/h1-14,17-19,32H,15-16H2/b28-18-,33-30?. The zero-order valence-corrected chi connectivity index (χ0v) is 20.5. The molecule has 0 aliphatic carbocycles. The van der Waals surface area contributed by atoms with Gasteiger partial charge in [-0.25, -0.2) is 9.38 Å². The van der Waals surface area contributed by atoms with Crippen LogP contribution in [0.5, 0.6) is 0 Å². The fraction of sp³-hybridized carbons (Fsp3) is 0.0667. The van der Waals surface area contributed by atoms with Gasteiger partial charge in [0.15, 0.2) is 5.17 Å². The second-order valence-corrected chi connectivity index (χ2v) is 9.63. The molecule has 0 unspecified atom stereocenters. The van der Waals surface area contributed by atoms with Crippen LogP contribution in [0.4, 0.5) is 10.1 Å². The lowest BCUT2D eigenvalue weighted by Crippen LogP contribution is -2.31. The van der Waals surface area contributed by atoms with Crippen molar-refractivity contribution in [3.05, 3.63) is 119 Å². The topological polar surface area (TPSA) is 61.6 Å². The van der Waals surface area contributed by atoms with Crippen LogP contribution in [0, 0.1) is 5.82 Å². The molecule has 0 atom stereocenters. The third kappa shape index (κ3) is 4.86. The Kier molecular flexibility index (Phi) is 6.20. The molecule has 2 aromatic heterocycles. The van der Waals surface area contributed by atoms with Crippen molar-refractivity contribution in [3.63, 3.8) is 0 Å². The molecule has 5 nitrogen and oxygen atoms in total. The van der Waals surface area contributed by atoms with Crippen LogP contribution in [-0.2, 0) is 11.2 Å². The zero-order valence-electron chi connectivity index (χ0n) is 19.7. The minimum Gasteiger partial charge on any atom is -0.457 e. The first-order valence-electron chi connectivity index (χ1n) is 11.9. The van der Waals surface area contributed by atoms with Gasteiger partial charge in [0.05, 0.1) is 10.6 Å². The number of aromatic amines is 1. The van der Waals surface area contributed by atoms with E-state index in [1.807, 2.05) is 54.7 Å². The summed E-state index contributed by atoms with van der Waals surface area (Å²) in [5, 5.41) is 1.78. The Morgan fingerprint density at radius 2 is 1.81 bits per heavy atom. The maximum Gasteiger partial charge on any atom is 0.266 e. The van der Waals surface area contributed by atoms with E-state index in [-0.39, 0.29) is 11.7 Å². The molecule has 1 amide bonds. The Balaban J connectivity index is 1.29. The fourth-order valence-electron chi connectivity index (χ4n) is 4.33. The molecule has 7 heteroatoms. The van der Waals surface area contributed by atoms with Gasteiger partial charge in [0, 0.05) is 35.3 Å². The Hall–Kier alpha value is -4.36. The molecule has 0 saturated carbocycles. The molecule has 0 bridgehead atoms. The average molecular weight is 508 g/mol. The highest BCUT2D eigenvalue weighted by molar-refractivity contribution is 8.18. The number of rotatable bonds is 6. The molecule has 0 radical (unpaired) electrons. The van der Waals surface area contributed by atoms with Crippen LogP contribution in [0.1, 0.15) is 11.3 Å². The number of carbonyl (C=O) groups excluding carboxylic acids is 1. The number of nitrogens with one attached hydrogen (secondary N) is 1. The van der Waals surface area contributed by atoms with E-state index in [4.69, 9.17) is 9.41 Å². The lowest BCUT2D eigenvalue weighted by atomic mass is 10.1. The van der Waals surface area contributed by atoms with E-state index in [2.05, 4.69) is 11.1 Å². The van der Waals surface area contributed by atoms with Crippen LogP contribution in [0.2, 0.25) is 0 Å². The highest BCUT2D eigenvalue weighted by atomic mass is 32.2. The fourth-order valence-corrected chi connectivity index (χ4v) is 5.33. The second-order valence-electron chi connectivity index (χ2n) is 8.62. The monoisotopic (exact) mass is 507 g/mol. The summed E-state index contributed by atoms with van der Waals surface area (Å²) in [7, 11) is 0. The molecule has 182 valence electrons. The van der Waals surface area contributed by atoms with Crippen molar-refractivity contribution in [2.24, 2.45) is 4.99 Å². The number of amidine groups is 1. The maximum absolute atomic E-state index is 13.6. The average Bonchev–Trinajstić information content (AvgIpc) is 3.62. The third-order valence-corrected chi connectivity index (χ3v) is 7.16. The van der Waals surface area contributed by atoms with Gasteiger partial charge in [-0.05, 0) is 66.2 Å². The number of nitrogens with zero attached hydrogens (tertiary/aromatic N) is 2. The molecule has 1 saturated heterocycles. The summed E-state index contributed by atoms with van der Waals surface area (Å²) in [6, 6.07) is 27.5. The Labute approximate surface area is 217 Å². The number of thioether (sulfide) groups is 1. The summed E-state index contributed by atoms with van der Waals surface area (Å²) >= 11 is 1.32. The smallest absolute Gasteiger partial charge is 0.266 e. The molecule has 3 aromatic carbocycles. The molecule has 1 N–H and O–H groups in total. The molecule has 1 aliphatic rings. The summed E-state index contributed by atoms with van der Waals surface area (Å²) in [6.45, 7) is 0.489. The molecule has 3 heterocycles. The minimum atomic E-state index is -0.331. The first-order chi connectivity index (χ1) is 18.1. The normalized spacial score (nSPS) is 15.9. The molecular weight excluding hydrogens is 485 g/mol. The summed E-state index contributed by atoms with van der Waals surface area (Å²) in [4.78, 5) is 23.8. The quantitative estimate of drug-likeness (QED) is 0.243. The lowest BCUT2D eigenvalue weighted by molar-refractivity contribution is -0.122. The van der Waals surface area contributed by atoms with Gasteiger partial charge in [-0.3, -0.25) is 9.69 Å². The second kappa shape index (κ2) is 9.95. The van der Waals surface area contributed by atoms with Crippen LogP contribution in [0.15, 0.2) is 112 Å². The number of furan rings is 1. The van der Waals surface area contributed by atoms with Crippen LogP contribution < -0.4 is 0 Å². The number of aromatic nitrogens is 1. The molecule has 37 heavy (non-hydrogen) atoms. The molecule has 0 spiro atoms. The van der Waals surface area contributed by atoms with Crippen molar-refractivity contribution >= 4 is 45.5 Å². The van der Waals surface area contributed by atoms with E-state index >= 15 is 0 Å². The molecule has 5 aromatic rings. The van der Waals surface area contributed by atoms with Crippen molar-refractivity contribution < 1.29 is 13.6 Å². The van der Waals surface area contributed by atoms with Crippen molar-refractivity contribution in [2.45, 2.75) is 6.42 Å². The summed E-state index contributed by atoms with van der Waals surface area (Å²) in [6.07, 6.45) is 4.41. The van der Waals surface area contributed by atoms with Crippen molar-refractivity contribution in [2.75, 3.05) is 6.54 Å². The van der Waals surface area contributed by atoms with Crippen molar-refractivity contribution in [3.8, 4) is 11.3 Å². The summed E-state index contributed by atoms with van der Waals surface area (Å²) < 4.78 is 19.6. The summed E-state index contributed by atoms with van der Waals surface area (Å²) in [5.41, 5.74) is 3.64. The van der Waals surface area contributed by atoms with Crippen LogP contribution >= 0.6 is 11.8 Å². The van der Waals surface area contributed by atoms with Crippen LogP contribution in [-0.4, -0.2) is 27.5 Å². The van der Waals surface area contributed by atoms with E-state index in [9.17, 15) is 9.18 Å². The highest BCUT2D eigenvalue weighted by Crippen LogP contribution is 2.35. The first-order valence-corrected chi connectivity index (χ1v) is 12.7.